The molecule has 1 atom stereocenters. The normalized spacial score (nSPS) is 12.8. The van der Waals surface area contributed by atoms with E-state index in [0.717, 1.165) is 21.7 Å². The minimum absolute atomic E-state index is 0.226. The Balaban J connectivity index is 1.74. The number of amides is 1. The van der Waals surface area contributed by atoms with Gasteiger partial charge in [-0.2, -0.15) is 13.2 Å². The first kappa shape index (κ1) is 18.3. The van der Waals surface area contributed by atoms with Crippen LogP contribution in [0.5, 0.6) is 0 Å². The van der Waals surface area contributed by atoms with Crippen LogP contribution in [-0.2, 0) is 11.0 Å². The summed E-state index contributed by atoms with van der Waals surface area (Å²) in [6, 6.07) is 18.7. The second-order valence-electron chi connectivity index (χ2n) is 5.80. The van der Waals surface area contributed by atoms with Crippen LogP contribution < -0.4 is 5.32 Å². The van der Waals surface area contributed by atoms with Gasteiger partial charge in [0.15, 0.2) is 0 Å². The van der Waals surface area contributed by atoms with Crippen LogP contribution in [0.1, 0.15) is 12.5 Å². The Morgan fingerprint density at radius 2 is 1.62 bits per heavy atom. The van der Waals surface area contributed by atoms with E-state index >= 15 is 0 Å². The van der Waals surface area contributed by atoms with Crippen molar-refractivity contribution in [2.75, 3.05) is 5.32 Å². The third kappa shape index (κ3) is 4.19. The zero-order valence-corrected chi connectivity index (χ0v) is 14.7. The summed E-state index contributed by atoms with van der Waals surface area (Å²) in [7, 11) is 0. The highest BCUT2D eigenvalue weighted by Gasteiger charge is 2.33. The summed E-state index contributed by atoms with van der Waals surface area (Å²) in [5.41, 5.74) is -1.08. The standard InChI is InChI=1S/C20H16F3NOS/c1-13(26-16-11-10-14-6-2-3-7-15(14)12-16)19(25)24-18-9-5-4-8-17(18)20(21,22)23/h2-13H,1H3,(H,24,25)/t13-/m0/s1. The number of carbonyl (C=O) groups is 1. The highest BCUT2D eigenvalue weighted by Crippen LogP contribution is 2.35. The van der Waals surface area contributed by atoms with E-state index < -0.39 is 22.9 Å². The molecule has 134 valence electrons. The van der Waals surface area contributed by atoms with Crippen molar-refractivity contribution >= 4 is 34.1 Å². The number of para-hydroxylation sites is 1. The van der Waals surface area contributed by atoms with Gasteiger partial charge in [-0.25, -0.2) is 0 Å². The molecule has 3 aromatic rings. The van der Waals surface area contributed by atoms with Crippen LogP contribution in [0.25, 0.3) is 10.8 Å². The molecule has 3 aromatic carbocycles. The van der Waals surface area contributed by atoms with Gasteiger partial charge in [0.05, 0.1) is 16.5 Å². The van der Waals surface area contributed by atoms with Crippen LogP contribution in [0.2, 0.25) is 0 Å². The quantitative estimate of drug-likeness (QED) is 0.569. The first-order chi connectivity index (χ1) is 12.3. The van der Waals surface area contributed by atoms with Gasteiger partial charge in [0.2, 0.25) is 5.91 Å². The number of alkyl halides is 3. The number of carbonyl (C=O) groups excluding carboxylic acids is 1. The van der Waals surface area contributed by atoms with E-state index in [1.54, 1.807) is 6.92 Å². The van der Waals surface area contributed by atoms with Gasteiger partial charge in [0, 0.05) is 4.90 Å². The van der Waals surface area contributed by atoms with E-state index in [-0.39, 0.29) is 5.69 Å². The molecule has 0 aliphatic carbocycles. The van der Waals surface area contributed by atoms with Crippen LogP contribution >= 0.6 is 11.8 Å². The lowest BCUT2D eigenvalue weighted by Gasteiger charge is -2.16. The molecular formula is C20H16F3NOS. The summed E-state index contributed by atoms with van der Waals surface area (Å²) >= 11 is 1.31. The van der Waals surface area contributed by atoms with E-state index in [0.29, 0.717) is 0 Å². The summed E-state index contributed by atoms with van der Waals surface area (Å²) in [6.07, 6.45) is -4.52. The Hall–Kier alpha value is -2.47. The van der Waals surface area contributed by atoms with Gasteiger partial charge in [-0.05, 0) is 42.0 Å². The zero-order chi connectivity index (χ0) is 18.7. The Morgan fingerprint density at radius 3 is 2.35 bits per heavy atom. The van der Waals surface area contributed by atoms with Crippen LogP contribution in [-0.4, -0.2) is 11.2 Å². The summed E-state index contributed by atoms with van der Waals surface area (Å²) < 4.78 is 39.1. The van der Waals surface area contributed by atoms with Gasteiger partial charge in [-0.1, -0.05) is 42.5 Å². The molecule has 0 heterocycles. The number of hydrogen-bond acceptors (Lipinski definition) is 2. The third-order valence-corrected chi connectivity index (χ3v) is 4.99. The number of anilines is 1. The summed E-state index contributed by atoms with van der Waals surface area (Å²) in [4.78, 5) is 13.2. The minimum Gasteiger partial charge on any atom is -0.325 e. The van der Waals surface area contributed by atoms with Crippen molar-refractivity contribution in [3.05, 3.63) is 72.3 Å². The first-order valence-corrected chi connectivity index (χ1v) is 8.85. The van der Waals surface area contributed by atoms with Crippen molar-refractivity contribution in [1.82, 2.24) is 0 Å². The average molecular weight is 375 g/mol. The molecule has 0 fully saturated rings. The largest absolute Gasteiger partial charge is 0.418 e. The lowest BCUT2D eigenvalue weighted by Crippen LogP contribution is -2.24. The van der Waals surface area contributed by atoms with Crippen molar-refractivity contribution in [3.8, 4) is 0 Å². The highest BCUT2D eigenvalue weighted by atomic mass is 32.2. The highest BCUT2D eigenvalue weighted by molar-refractivity contribution is 8.00. The number of rotatable bonds is 4. The summed E-state index contributed by atoms with van der Waals surface area (Å²) in [6.45, 7) is 1.67. The van der Waals surface area contributed by atoms with E-state index in [9.17, 15) is 18.0 Å². The fourth-order valence-corrected chi connectivity index (χ4v) is 3.49. The molecule has 2 nitrogen and oxygen atoms in total. The molecule has 1 N–H and O–H groups in total. The van der Waals surface area contributed by atoms with Crippen molar-refractivity contribution < 1.29 is 18.0 Å². The maximum Gasteiger partial charge on any atom is 0.418 e. The Labute approximate surface area is 153 Å². The van der Waals surface area contributed by atoms with Gasteiger partial charge in [-0.15, -0.1) is 11.8 Å². The maximum atomic E-state index is 13.0. The molecule has 0 aliphatic heterocycles. The Kier molecular flexibility index (Phi) is 5.23. The molecule has 26 heavy (non-hydrogen) atoms. The molecule has 3 rings (SSSR count). The van der Waals surface area contributed by atoms with Crippen molar-refractivity contribution in [1.29, 1.82) is 0 Å². The SMILES string of the molecule is C[C@H](Sc1ccc2ccccc2c1)C(=O)Nc1ccccc1C(F)(F)F. The smallest absolute Gasteiger partial charge is 0.325 e. The van der Waals surface area contributed by atoms with E-state index in [2.05, 4.69) is 5.32 Å². The van der Waals surface area contributed by atoms with E-state index in [1.165, 1.54) is 30.0 Å². The van der Waals surface area contributed by atoms with Gasteiger partial charge < -0.3 is 5.32 Å². The molecule has 1 amide bonds. The minimum atomic E-state index is -4.52. The molecule has 0 aromatic heterocycles. The number of benzene rings is 3. The van der Waals surface area contributed by atoms with Crippen LogP contribution in [0.4, 0.5) is 18.9 Å². The van der Waals surface area contributed by atoms with E-state index in [4.69, 9.17) is 0 Å². The van der Waals surface area contributed by atoms with Crippen LogP contribution in [0.15, 0.2) is 71.6 Å². The molecule has 0 saturated heterocycles. The Bertz CT molecular complexity index is 939. The number of hydrogen-bond donors (Lipinski definition) is 1. The predicted octanol–water partition coefficient (Wildman–Crippen LogP) is 5.98. The monoisotopic (exact) mass is 375 g/mol. The van der Waals surface area contributed by atoms with Crippen molar-refractivity contribution in [2.45, 2.75) is 23.2 Å². The third-order valence-electron chi connectivity index (χ3n) is 3.89. The fourth-order valence-electron chi connectivity index (χ4n) is 2.57. The molecule has 0 unspecified atom stereocenters. The lowest BCUT2D eigenvalue weighted by atomic mass is 10.1. The summed E-state index contributed by atoms with van der Waals surface area (Å²) in [5.74, 6) is -0.472. The van der Waals surface area contributed by atoms with Crippen LogP contribution in [0.3, 0.4) is 0 Å². The predicted molar refractivity (Wildman–Crippen MR) is 99.3 cm³/mol. The Morgan fingerprint density at radius 1 is 0.962 bits per heavy atom. The van der Waals surface area contributed by atoms with Crippen molar-refractivity contribution in [2.24, 2.45) is 0 Å². The average Bonchev–Trinajstić information content (AvgIpc) is 2.61. The van der Waals surface area contributed by atoms with Gasteiger partial charge >= 0.3 is 6.18 Å². The maximum absolute atomic E-state index is 13.0. The molecule has 0 bridgehead atoms. The van der Waals surface area contributed by atoms with Crippen LogP contribution in [0, 0.1) is 0 Å². The number of thioether (sulfide) groups is 1. The van der Waals surface area contributed by atoms with Gasteiger partial charge in [-0.3, -0.25) is 4.79 Å². The molecule has 6 heteroatoms. The zero-order valence-electron chi connectivity index (χ0n) is 13.9. The number of halogens is 3. The topological polar surface area (TPSA) is 29.1 Å². The molecule has 0 aliphatic rings. The number of nitrogens with one attached hydrogen (secondary N) is 1. The van der Waals surface area contributed by atoms with Gasteiger partial charge in [0.1, 0.15) is 0 Å². The summed E-state index contributed by atoms with van der Waals surface area (Å²) in [5, 5.41) is 3.99. The number of fused-ring (bicyclic) bond motifs is 1. The second-order valence-corrected chi connectivity index (χ2v) is 7.22. The van der Waals surface area contributed by atoms with Crippen molar-refractivity contribution in [3.63, 3.8) is 0 Å². The molecule has 0 saturated carbocycles. The second kappa shape index (κ2) is 7.41. The molecular weight excluding hydrogens is 359 g/mol. The molecule has 0 radical (unpaired) electrons. The van der Waals surface area contributed by atoms with E-state index in [1.807, 2.05) is 42.5 Å². The fraction of sp³-hybridized carbons (Fsp3) is 0.150. The lowest BCUT2D eigenvalue weighted by molar-refractivity contribution is -0.137. The first-order valence-electron chi connectivity index (χ1n) is 7.97. The molecule has 0 spiro atoms. The van der Waals surface area contributed by atoms with Gasteiger partial charge in [0.25, 0.3) is 0 Å².